The molecule has 0 fully saturated rings. The average molecular weight is 247 g/mol. The average Bonchev–Trinajstić information content (AvgIpc) is 2.16. The van der Waals surface area contributed by atoms with E-state index in [0.717, 1.165) is 12.1 Å². The lowest BCUT2D eigenvalue weighted by atomic mass is 10.1. The first-order chi connectivity index (χ1) is 7.36. The summed E-state index contributed by atoms with van der Waals surface area (Å²) in [6.07, 6.45) is 0.306. The van der Waals surface area contributed by atoms with Crippen molar-refractivity contribution in [3.8, 4) is 0 Å². The molecule has 0 aromatic heterocycles. The molecule has 0 heterocycles. The van der Waals surface area contributed by atoms with Crippen LogP contribution >= 0.6 is 0 Å². The van der Waals surface area contributed by atoms with Gasteiger partial charge in [-0.3, -0.25) is 9.76 Å². The normalized spacial score (nSPS) is 11.5. The molecular weight excluding hydrogens is 236 g/mol. The van der Waals surface area contributed by atoms with E-state index < -0.39 is 20.2 Å². The fraction of sp³-hybridized carbons (Fsp3) is 0.250. The molecule has 1 aromatic carbocycles. The van der Waals surface area contributed by atoms with Gasteiger partial charge in [-0.2, -0.15) is 8.42 Å². The molecule has 8 heteroatoms. The van der Waals surface area contributed by atoms with Gasteiger partial charge >= 0.3 is 0 Å². The fourth-order valence-corrected chi connectivity index (χ4v) is 1.75. The fourth-order valence-electron chi connectivity index (χ4n) is 1.25. The van der Waals surface area contributed by atoms with Crippen LogP contribution in [0.2, 0.25) is 0 Å². The van der Waals surface area contributed by atoms with Crippen molar-refractivity contribution in [2.24, 2.45) is 5.73 Å². The van der Waals surface area contributed by atoms with Crippen molar-refractivity contribution in [1.29, 1.82) is 0 Å². The van der Waals surface area contributed by atoms with E-state index in [1.165, 1.54) is 6.07 Å². The summed E-state index contributed by atoms with van der Waals surface area (Å²) >= 11 is 0. The van der Waals surface area contributed by atoms with Crippen LogP contribution in [0.15, 0.2) is 23.1 Å². The number of hydrogen-bond donors (Lipinski definition) is 3. The van der Waals surface area contributed by atoms with Gasteiger partial charge in [0.05, 0.1) is 10.6 Å². The van der Waals surface area contributed by atoms with Crippen molar-refractivity contribution in [3.63, 3.8) is 0 Å². The van der Waals surface area contributed by atoms with E-state index in [1.807, 2.05) is 0 Å². The predicted octanol–water partition coefficient (Wildman–Crippen LogP) is 0.128. The van der Waals surface area contributed by atoms with Crippen LogP contribution in [-0.2, 0) is 16.5 Å². The highest BCUT2D eigenvalue weighted by Crippen LogP contribution is 2.23. The third kappa shape index (κ3) is 2.90. The second kappa shape index (κ2) is 4.76. The van der Waals surface area contributed by atoms with Gasteiger partial charge in [0.2, 0.25) is 0 Å². The number of hydrogen-bond acceptors (Lipinski definition) is 6. The molecule has 16 heavy (non-hydrogen) atoms. The monoisotopic (exact) mass is 247 g/mol. The van der Waals surface area contributed by atoms with Crippen LogP contribution in [0.25, 0.3) is 0 Å². The van der Waals surface area contributed by atoms with E-state index in [1.54, 1.807) is 0 Å². The molecule has 1 aromatic rings. The van der Waals surface area contributed by atoms with Gasteiger partial charge < -0.3 is 16.2 Å². The van der Waals surface area contributed by atoms with E-state index in [-0.39, 0.29) is 12.2 Å². The molecule has 0 radical (unpaired) electrons. The first-order valence-corrected chi connectivity index (χ1v) is 5.77. The minimum Gasteiger partial charge on any atom is -0.733 e. The van der Waals surface area contributed by atoms with Gasteiger partial charge in [-0.25, -0.2) is 0 Å². The molecule has 0 saturated heterocycles. The molecule has 90 valence electrons. The zero-order valence-corrected chi connectivity index (χ0v) is 9.01. The smallest absolute Gasteiger partial charge is 0.294 e. The van der Waals surface area contributed by atoms with Crippen LogP contribution in [0.4, 0.5) is 5.69 Å². The Bertz CT molecular complexity index is 471. The summed E-state index contributed by atoms with van der Waals surface area (Å²) in [5.41, 5.74) is 5.43. The summed E-state index contributed by atoms with van der Waals surface area (Å²) < 4.78 is 30.4. The van der Waals surface area contributed by atoms with Gasteiger partial charge in [0.25, 0.3) is 10.1 Å². The molecular formula is C8H11N2O5S-. The standard InChI is InChI=1S/C8H11N2O5S/c9-4-3-6-1-2-7(16(13,14)15)5-8(6)10(11)12/h1-2,5,11H,3-4,9H2,(H,13,14,15)/q-1. The van der Waals surface area contributed by atoms with E-state index in [0.29, 0.717) is 12.0 Å². The molecule has 0 spiro atoms. The van der Waals surface area contributed by atoms with Crippen molar-refractivity contribution < 1.29 is 18.2 Å². The van der Waals surface area contributed by atoms with Crippen molar-refractivity contribution >= 4 is 15.8 Å². The van der Waals surface area contributed by atoms with Crippen molar-refractivity contribution in [1.82, 2.24) is 0 Å². The topological polar surface area (TPSA) is 127 Å². The zero-order valence-electron chi connectivity index (χ0n) is 8.20. The Labute approximate surface area is 92.4 Å². The Hall–Kier alpha value is -1.19. The molecule has 0 aliphatic carbocycles. The van der Waals surface area contributed by atoms with Crippen LogP contribution in [0.1, 0.15) is 5.56 Å². The second-order valence-corrected chi connectivity index (χ2v) is 4.50. The van der Waals surface area contributed by atoms with Crippen LogP contribution in [0, 0.1) is 5.21 Å². The van der Waals surface area contributed by atoms with E-state index >= 15 is 0 Å². The highest BCUT2D eigenvalue weighted by atomic mass is 32.2. The van der Waals surface area contributed by atoms with Crippen LogP contribution < -0.4 is 11.0 Å². The molecule has 4 N–H and O–H groups in total. The van der Waals surface area contributed by atoms with Crippen LogP contribution in [-0.4, -0.2) is 24.7 Å². The summed E-state index contributed by atoms with van der Waals surface area (Å²) in [7, 11) is -4.40. The van der Waals surface area contributed by atoms with E-state index in [2.05, 4.69) is 0 Å². The van der Waals surface area contributed by atoms with Crippen molar-refractivity contribution in [2.75, 3.05) is 11.8 Å². The van der Waals surface area contributed by atoms with Crippen LogP contribution in [0.5, 0.6) is 0 Å². The van der Waals surface area contributed by atoms with Gasteiger partial charge in [-0.05, 0) is 30.7 Å². The zero-order chi connectivity index (χ0) is 12.3. The second-order valence-electron chi connectivity index (χ2n) is 3.08. The van der Waals surface area contributed by atoms with Crippen molar-refractivity contribution in [2.45, 2.75) is 11.3 Å². The number of nitrogens with two attached hydrogens (primary N) is 1. The summed E-state index contributed by atoms with van der Waals surface area (Å²) in [5, 5.41) is 19.1. The molecule has 7 nitrogen and oxygen atoms in total. The lowest BCUT2D eigenvalue weighted by Gasteiger charge is -2.24. The first-order valence-electron chi connectivity index (χ1n) is 4.33. The molecule has 0 saturated carbocycles. The maximum absolute atomic E-state index is 10.8. The quantitative estimate of drug-likeness (QED) is 0.509. The Morgan fingerprint density at radius 2 is 2.06 bits per heavy atom. The highest BCUT2D eigenvalue weighted by molar-refractivity contribution is 7.85. The predicted molar refractivity (Wildman–Crippen MR) is 56.6 cm³/mol. The molecule has 0 bridgehead atoms. The van der Waals surface area contributed by atoms with Gasteiger partial charge in [-0.15, -0.1) is 0 Å². The number of benzene rings is 1. The first kappa shape index (κ1) is 12.9. The third-order valence-electron chi connectivity index (χ3n) is 1.97. The Morgan fingerprint density at radius 3 is 2.50 bits per heavy atom. The third-order valence-corrected chi connectivity index (χ3v) is 2.82. The molecule has 0 amide bonds. The maximum Gasteiger partial charge on any atom is 0.294 e. The van der Waals surface area contributed by atoms with Gasteiger partial charge in [0, 0.05) is 0 Å². The molecule has 1 rings (SSSR count). The minimum atomic E-state index is -4.40. The lowest BCUT2D eigenvalue weighted by Crippen LogP contribution is -2.13. The number of rotatable bonds is 4. The van der Waals surface area contributed by atoms with E-state index in [4.69, 9.17) is 15.5 Å². The lowest BCUT2D eigenvalue weighted by molar-refractivity contribution is 0.295. The number of nitrogens with zero attached hydrogens (tertiary/aromatic N) is 1. The minimum absolute atomic E-state index is 0.242. The molecule has 0 atom stereocenters. The van der Waals surface area contributed by atoms with Gasteiger partial charge in [0.1, 0.15) is 0 Å². The molecule has 0 aliphatic rings. The Balaban J connectivity index is 3.28. The Kier molecular flexibility index (Phi) is 3.83. The molecule has 0 unspecified atom stereocenters. The van der Waals surface area contributed by atoms with Gasteiger partial charge in [0.15, 0.2) is 0 Å². The Morgan fingerprint density at radius 1 is 1.44 bits per heavy atom. The van der Waals surface area contributed by atoms with Crippen LogP contribution in [0.3, 0.4) is 0 Å². The van der Waals surface area contributed by atoms with Gasteiger partial charge in [-0.1, -0.05) is 6.07 Å². The van der Waals surface area contributed by atoms with Crippen molar-refractivity contribution in [3.05, 3.63) is 29.0 Å². The SMILES string of the molecule is NCCc1ccc(S(=O)(=O)O)cc1N([O-])O. The van der Waals surface area contributed by atoms with E-state index in [9.17, 15) is 13.6 Å². The largest absolute Gasteiger partial charge is 0.733 e. The summed E-state index contributed by atoms with van der Waals surface area (Å²) in [6, 6.07) is 3.33. The summed E-state index contributed by atoms with van der Waals surface area (Å²) in [5.74, 6) is 0. The summed E-state index contributed by atoms with van der Waals surface area (Å²) in [4.78, 5) is -0.460. The maximum atomic E-state index is 10.8. The highest BCUT2D eigenvalue weighted by Gasteiger charge is 2.12. The number of anilines is 1. The molecule has 0 aliphatic heterocycles. The summed E-state index contributed by atoms with van der Waals surface area (Å²) in [6.45, 7) is 0.242.